The molecule has 2 fully saturated rings. The Labute approximate surface area is 117 Å². The normalized spacial score (nSPS) is 37.0. The Kier molecular flexibility index (Phi) is 3.42. The van der Waals surface area contributed by atoms with E-state index < -0.39 is 0 Å². The summed E-state index contributed by atoms with van der Waals surface area (Å²) in [6, 6.07) is 11.1. The first kappa shape index (κ1) is 13.2. The molecule has 0 saturated heterocycles. The molecule has 0 spiro atoms. The molecular formula is C18H27N. The highest BCUT2D eigenvalue weighted by Gasteiger charge is 2.49. The summed E-state index contributed by atoms with van der Waals surface area (Å²) in [6.45, 7) is 5.76. The molecule has 0 aliphatic heterocycles. The molecule has 2 N–H and O–H groups in total. The molecule has 2 aliphatic rings. The number of rotatable bonds is 3. The summed E-state index contributed by atoms with van der Waals surface area (Å²) in [7, 11) is 0. The van der Waals surface area contributed by atoms with Crippen molar-refractivity contribution in [2.24, 2.45) is 28.9 Å². The predicted octanol–water partition coefficient (Wildman–Crippen LogP) is 4.19. The maximum Gasteiger partial charge on any atom is -0.00461 e. The summed E-state index contributed by atoms with van der Waals surface area (Å²) in [5.74, 6) is 3.34. The highest BCUT2D eigenvalue weighted by Crippen LogP contribution is 2.58. The number of hydrogen-bond acceptors (Lipinski definition) is 1. The van der Waals surface area contributed by atoms with E-state index in [1.165, 1.54) is 25.7 Å². The largest absolute Gasteiger partial charge is 0.330 e. The van der Waals surface area contributed by atoms with Crippen molar-refractivity contribution in [1.29, 1.82) is 0 Å². The van der Waals surface area contributed by atoms with Crippen molar-refractivity contribution in [3.8, 4) is 0 Å². The van der Waals surface area contributed by atoms with Crippen LogP contribution in [0.3, 0.4) is 0 Å². The van der Waals surface area contributed by atoms with Gasteiger partial charge in [0, 0.05) is 0 Å². The molecule has 19 heavy (non-hydrogen) atoms. The zero-order valence-corrected chi connectivity index (χ0v) is 12.3. The second-order valence-corrected chi connectivity index (χ2v) is 7.48. The maximum absolute atomic E-state index is 6.03. The van der Waals surface area contributed by atoms with E-state index in [2.05, 4.69) is 44.2 Å². The molecule has 1 aromatic rings. The predicted molar refractivity (Wildman–Crippen MR) is 81.0 cm³/mol. The minimum atomic E-state index is 0.528. The minimum Gasteiger partial charge on any atom is -0.330 e. The monoisotopic (exact) mass is 257 g/mol. The van der Waals surface area contributed by atoms with E-state index in [1.807, 2.05) is 0 Å². The first-order chi connectivity index (χ1) is 9.11. The Hall–Kier alpha value is -0.820. The van der Waals surface area contributed by atoms with Gasteiger partial charge < -0.3 is 5.73 Å². The van der Waals surface area contributed by atoms with E-state index in [4.69, 9.17) is 5.73 Å². The van der Waals surface area contributed by atoms with Gasteiger partial charge in [-0.05, 0) is 66.9 Å². The molecule has 1 heteroatoms. The first-order valence-electron chi connectivity index (χ1n) is 7.86. The number of benzene rings is 1. The highest BCUT2D eigenvalue weighted by molar-refractivity contribution is 5.26. The highest BCUT2D eigenvalue weighted by atomic mass is 14.6. The number of hydrogen-bond donors (Lipinski definition) is 1. The Balaban J connectivity index is 1.72. The molecule has 0 aromatic heterocycles. The maximum atomic E-state index is 6.03. The Bertz CT molecular complexity index is 423. The van der Waals surface area contributed by atoms with Gasteiger partial charge in [0.15, 0.2) is 0 Å². The van der Waals surface area contributed by atoms with Gasteiger partial charge in [0.1, 0.15) is 0 Å². The van der Waals surface area contributed by atoms with E-state index in [-0.39, 0.29) is 0 Å². The molecule has 1 aromatic carbocycles. The van der Waals surface area contributed by atoms with Gasteiger partial charge in [-0.15, -0.1) is 0 Å². The Morgan fingerprint density at radius 2 is 1.89 bits per heavy atom. The van der Waals surface area contributed by atoms with E-state index in [1.54, 1.807) is 5.56 Å². The molecule has 4 atom stereocenters. The molecule has 104 valence electrons. The Morgan fingerprint density at radius 1 is 1.16 bits per heavy atom. The Morgan fingerprint density at radius 3 is 2.58 bits per heavy atom. The minimum absolute atomic E-state index is 0.528. The molecule has 4 unspecified atom stereocenters. The fourth-order valence-electron chi connectivity index (χ4n) is 4.26. The lowest BCUT2D eigenvalue weighted by atomic mass is 9.65. The van der Waals surface area contributed by atoms with Gasteiger partial charge >= 0.3 is 0 Å². The van der Waals surface area contributed by atoms with Crippen molar-refractivity contribution >= 4 is 0 Å². The third kappa shape index (κ3) is 2.72. The average Bonchev–Trinajstić information content (AvgIpc) is 3.19. The van der Waals surface area contributed by atoms with Gasteiger partial charge in [0.05, 0.1) is 0 Å². The number of nitrogens with two attached hydrogens (primary N) is 1. The van der Waals surface area contributed by atoms with Crippen LogP contribution in [0, 0.1) is 23.2 Å². The summed E-state index contributed by atoms with van der Waals surface area (Å²) in [4.78, 5) is 0. The molecule has 2 saturated carbocycles. The zero-order valence-electron chi connectivity index (χ0n) is 12.3. The lowest BCUT2D eigenvalue weighted by Gasteiger charge is -2.41. The lowest BCUT2D eigenvalue weighted by molar-refractivity contribution is 0.105. The van der Waals surface area contributed by atoms with Gasteiger partial charge in [-0.3, -0.25) is 0 Å². The first-order valence-corrected chi connectivity index (χ1v) is 7.86. The van der Waals surface area contributed by atoms with Crippen LogP contribution < -0.4 is 5.73 Å². The van der Waals surface area contributed by atoms with Crippen LogP contribution in [0.2, 0.25) is 0 Å². The van der Waals surface area contributed by atoms with Crippen molar-refractivity contribution in [1.82, 2.24) is 0 Å². The van der Waals surface area contributed by atoms with Gasteiger partial charge in [-0.2, -0.15) is 0 Å². The third-order valence-corrected chi connectivity index (χ3v) is 5.51. The van der Waals surface area contributed by atoms with Gasteiger partial charge in [-0.1, -0.05) is 44.2 Å². The van der Waals surface area contributed by atoms with Gasteiger partial charge in [0.2, 0.25) is 0 Å². The van der Waals surface area contributed by atoms with E-state index in [0.717, 1.165) is 30.2 Å². The molecule has 0 radical (unpaired) electrons. The molecule has 0 amide bonds. The molecule has 2 aliphatic carbocycles. The van der Waals surface area contributed by atoms with Gasteiger partial charge in [0.25, 0.3) is 0 Å². The van der Waals surface area contributed by atoms with Crippen molar-refractivity contribution < 1.29 is 0 Å². The van der Waals surface area contributed by atoms with Gasteiger partial charge in [-0.25, -0.2) is 0 Å². The fraction of sp³-hybridized carbons (Fsp3) is 0.667. The van der Waals surface area contributed by atoms with Crippen LogP contribution in [0.15, 0.2) is 30.3 Å². The summed E-state index contributed by atoms with van der Waals surface area (Å²) in [5, 5.41) is 0. The summed E-state index contributed by atoms with van der Waals surface area (Å²) < 4.78 is 0. The fourth-order valence-corrected chi connectivity index (χ4v) is 4.26. The average molecular weight is 257 g/mol. The molecule has 1 nitrogen and oxygen atoms in total. The van der Waals surface area contributed by atoms with Crippen LogP contribution in [0.4, 0.5) is 0 Å². The zero-order chi connectivity index (χ0) is 13.5. The molecular weight excluding hydrogens is 230 g/mol. The van der Waals surface area contributed by atoms with E-state index >= 15 is 0 Å². The molecule has 0 heterocycles. The van der Waals surface area contributed by atoms with Crippen molar-refractivity contribution in [2.45, 2.75) is 45.4 Å². The van der Waals surface area contributed by atoms with Crippen LogP contribution in [0.5, 0.6) is 0 Å². The topological polar surface area (TPSA) is 26.0 Å². The standard InChI is InChI=1S/C18H27N/c1-18(2)9-8-14(12-19)17(11-18)16-10-15(16)13-6-4-3-5-7-13/h3-7,14-17H,8-12,19H2,1-2H3. The van der Waals surface area contributed by atoms with E-state index in [9.17, 15) is 0 Å². The molecule has 0 bridgehead atoms. The third-order valence-electron chi connectivity index (χ3n) is 5.51. The van der Waals surface area contributed by atoms with Crippen LogP contribution >= 0.6 is 0 Å². The second kappa shape index (κ2) is 4.94. The SMILES string of the molecule is CC1(C)CCC(CN)C(C2CC2c2ccccc2)C1. The van der Waals surface area contributed by atoms with Crippen LogP contribution in [0.1, 0.15) is 51.0 Å². The smallest absolute Gasteiger partial charge is 0.00461 e. The van der Waals surface area contributed by atoms with Crippen LogP contribution in [-0.4, -0.2) is 6.54 Å². The van der Waals surface area contributed by atoms with Crippen LogP contribution in [0.25, 0.3) is 0 Å². The van der Waals surface area contributed by atoms with Crippen molar-refractivity contribution in [3.63, 3.8) is 0 Å². The second-order valence-electron chi connectivity index (χ2n) is 7.48. The van der Waals surface area contributed by atoms with Crippen molar-refractivity contribution in [3.05, 3.63) is 35.9 Å². The lowest BCUT2D eigenvalue weighted by Crippen LogP contribution is -2.35. The van der Waals surface area contributed by atoms with Crippen molar-refractivity contribution in [2.75, 3.05) is 6.54 Å². The van der Waals surface area contributed by atoms with Crippen LogP contribution in [-0.2, 0) is 0 Å². The quantitative estimate of drug-likeness (QED) is 0.863. The summed E-state index contributed by atoms with van der Waals surface area (Å²) >= 11 is 0. The summed E-state index contributed by atoms with van der Waals surface area (Å²) in [6.07, 6.45) is 5.46. The summed E-state index contributed by atoms with van der Waals surface area (Å²) in [5.41, 5.74) is 8.11. The van der Waals surface area contributed by atoms with E-state index in [0.29, 0.717) is 5.41 Å². The molecule has 3 rings (SSSR count).